The van der Waals surface area contributed by atoms with Crippen LogP contribution in [0.15, 0.2) is 90.5 Å². The van der Waals surface area contributed by atoms with E-state index in [0.29, 0.717) is 44.3 Å². The number of hydrogen-bond donors (Lipinski definition) is 3. The molecule has 14 heteroatoms. The summed E-state index contributed by atoms with van der Waals surface area (Å²) < 4.78 is 11.7. The summed E-state index contributed by atoms with van der Waals surface area (Å²) >= 11 is 0. The van der Waals surface area contributed by atoms with Crippen molar-refractivity contribution in [1.82, 2.24) is 40.0 Å². The molecule has 316 valence electrons. The summed E-state index contributed by atoms with van der Waals surface area (Å²) in [5.74, 6) is 1.52. The largest absolute Gasteiger partial charge is 0.445 e. The van der Waals surface area contributed by atoms with Crippen LogP contribution in [0.2, 0.25) is 0 Å². The molecule has 3 aromatic carbocycles. The fourth-order valence-corrected chi connectivity index (χ4v) is 9.19. The highest BCUT2D eigenvalue weighted by atomic mass is 16.6. The molecule has 4 aliphatic rings. The molecule has 4 amide bonds. The molecule has 3 heterocycles. The third-order valence-corrected chi connectivity index (χ3v) is 12.9. The highest BCUT2D eigenvalue weighted by Gasteiger charge is 2.68. The van der Waals surface area contributed by atoms with Crippen LogP contribution >= 0.6 is 0 Å². The number of H-pyrrole nitrogens is 2. The van der Waals surface area contributed by atoms with E-state index < -0.39 is 23.3 Å². The van der Waals surface area contributed by atoms with Gasteiger partial charge in [-0.15, -0.1) is 0 Å². The minimum absolute atomic E-state index is 0.0178. The maximum Gasteiger partial charge on any atom is 0.411 e. The second-order valence-corrected chi connectivity index (χ2v) is 16.9. The van der Waals surface area contributed by atoms with E-state index in [-0.39, 0.29) is 31.1 Å². The highest BCUT2D eigenvalue weighted by molar-refractivity contribution is 5.80. The van der Waals surface area contributed by atoms with Gasteiger partial charge in [-0.05, 0) is 84.6 Å². The summed E-state index contributed by atoms with van der Waals surface area (Å²) in [5, 5.41) is 2.83. The number of imidazole rings is 2. The van der Waals surface area contributed by atoms with Crippen LogP contribution in [0.3, 0.4) is 0 Å². The Morgan fingerprint density at radius 3 is 2.20 bits per heavy atom. The second-order valence-electron chi connectivity index (χ2n) is 16.9. The van der Waals surface area contributed by atoms with Gasteiger partial charge in [-0.25, -0.2) is 19.6 Å². The zero-order valence-electron chi connectivity index (χ0n) is 34.9. The monoisotopic (exact) mass is 824 g/mol. The van der Waals surface area contributed by atoms with Crippen LogP contribution in [0.5, 0.6) is 0 Å². The fourth-order valence-electron chi connectivity index (χ4n) is 9.19. The number of aromatic nitrogens is 4. The number of allylic oxidation sites excluding steroid dienone is 3. The van der Waals surface area contributed by atoms with Crippen LogP contribution < -0.4 is 5.32 Å². The molecule has 2 saturated carbocycles. The summed E-state index contributed by atoms with van der Waals surface area (Å²) in [6.07, 6.45) is 9.85. The van der Waals surface area contributed by atoms with Gasteiger partial charge in [0.25, 0.3) is 0 Å². The van der Waals surface area contributed by atoms with Crippen LogP contribution in [0.1, 0.15) is 74.8 Å². The van der Waals surface area contributed by atoms with Gasteiger partial charge in [0.1, 0.15) is 35.9 Å². The van der Waals surface area contributed by atoms with E-state index in [0.717, 1.165) is 82.3 Å². The maximum atomic E-state index is 13.7. The van der Waals surface area contributed by atoms with Crippen LogP contribution in [-0.4, -0.2) is 97.5 Å². The molecule has 61 heavy (non-hydrogen) atoms. The van der Waals surface area contributed by atoms with E-state index in [1.54, 1.807) is 16.7 Å². The lowest BCUT2D eigenvalue weighted by Crippen LogP contribution is -2.55. The van der Waals surface area contributed by atoms with Crippen molar-refractivity contribution in [1.29, 1.82) is 0 Å². The molecule has 0 bridgehead atoms. The summed E-state index contributed by atoms with van der Waals surface area (Å²) in [6.45, 7) is 6.98. The molecule has 3 unspecified atom stereocenters. The molecule has 1 aliphatic heterocycles. The smallest absolute Gasteiger partial charge is 0.411 e. The van der Waals surface area contributed by atoms with Crippen molar-refractivity contribution in [3.8, 4) is 0 Å². The highest BCUT2D eigenvalue weighted by Crippen LogP contribution is 2.56. The molecule has 1 saturated heterocycles. The molecule has 3 atom stereocenters. The van der Waals surface area contributed by atoms with Gasteiger partial charge >= 0.3 is 12.2 Å². The van der Waals surface area contributed by atoms with Gasteiger partial charge in [0.05, 0.1) is 28.1 Å². The predicted octanol–water partition coefficient (Wildman–Crippen LogP) is 6.78. The van der Waals surface area contributed by atoms with Gasteiger partial charge in [0.15, 0.2) is 0 Å². The van der Waals surface area contributed by atoms with Crippen molar-refractivity contribution >= 4 is 46.1 Å². The van der Waals surface area contributed by atoms with E-state index >= 15 is 0 Å². The number of piperazine rings is 1. The Morgan fingerprint density at radius 1 is 0.852 bits per heavy atom. The maximum absolute atomic E-state index is 13.7. The molecule has 0 spiro atoms. The van der Waals surface area contributed by atoms with E-state index in [9.17, 15) is 19.2 Å². The lowest BCUT2D eigenvalue weighted by molar-refractivity contribution is -0.132. The first kappa shape index (κ1) is 40.0. The minimum atomic E-state index is -0.777. The molecule has 5 aromatic rings. The Labute approximate surface area is 354 Å². The topological polar surface area (TPSA) is 166 Å². The van der Waals surface area contributed by atoms with Gasteiger partial charge in [-0.1, -0.05) is 67.6 Å². The van der Waals surface area contributed by atoms with Gasteiger partial charge < -0.3 is 29.7 Å². The van der Waals surface area contributed by atoms with Gasteiger partial charge in [0, 0.05) is 46.4 Å². The number of aromatic amines is 2. The number of nitrogens with one attached hydrogen (secondary N) is 3. The van der Waals surface area contributed by atoms with Gasteiger partial charge in [0.2, 0.25) is 11.8 Å². The molecule has 3 N–H and O–H groups in total. The molecular formula is C47H52N8O6. The number of fused-ring (bicyclic) bond motifs is 3. The van der Waals surface area contributed by atoms with E-state index in [2.05, 4.69) is 52.5 Å². The molecule has 3 fully saturated rings. The first-order valence-electron chi connectivity index (χ1n) is 21.3. The number of carbonyl (C=O) groups is 4. The zero-order chi connectivity index (χ0) is 42.3. The van der Waals surface area contributed by atoms with Crippen LogP contribution in [0.25, 0.3) is 22.1 Å². The summed E-state index contributed by atoms with van der Waals surface area (Å²) in [4.78, 5) is 74.0. The quantitative estimate of drug-likeness (QED) is 0.117. The Morgan fingerprint density at radius 2 is 1.54 bits per heavy atom. The number of carbonyl (C=O) groups excluding carboxylic acids is 4. The van der Waals surface area contributed by atoms with Crippen molar-refractivity contribution in [3.05, 3.63) is 119 Å². The Kier molecular flexibility index (Phi) is 10.6. The first-order chi connectivity index (χ1) is 29.5. The first-order valence-corrected chi connectivity index (χ1v) is 21.3. The average Bonchev–Trinajstić information content (AvgIpc) is 4.13. The normalized spacial score (nSPS) is 21.1. The van der Waals surface area contributed by atoms with Crippen molar-refractivity contribution < 1.29 is 28.7 Å². The van der Waals surface area contributed by atoms with E-state index in [1.807, 2.05) is 59.5 Å². The van der Waals surface area contributed by atoms with Gasteiger partial charge in [-0.2, -0.15) is 0 Å². The Hall–Kier alpha value is -6.44. The number of aryl methyl sites for hydroxylation is 2. The van der Waals surface area contributed by atoms with Crippen molar-refractivity contribution in [2.75, 3.05) is 32.8 Å². The molecule has 14 nitrogen and oxygen atoms in total. The summed E-state index contributed by atoms with van der Waals surface area (Å²) in [7, 11) is 0. The Balaban J connectivity index is 0.893. The Bertz CT molecular complexity index is 2560. The van der Waals surface area contributed by atoms with Crippen LogP contribution in [0, 0.1) is 5.92 Å². The number of ether oxygens (including phenoxy) is 2. The molecule has 3 aliphatic carbocycles. The van der Waals surface area contributed by atoms with Gasteiger partial charge in [-0.3, -0.25) is 19.4 Å². The summed E-state index contributed by atoms with van der Waals surface area (Å²) in [5.41, 5.74) is 6.23. The average molecular weight is 825 g/mol. The zero-order valence-corrected chi connectivity index (χ0v) is 34.9. The third-order valence-electron chi connectivity index (χ3n) is 12.9. The number of nitrogens with zero attached hydrogens (tertiary/aromatic N) is 5. The van der Waals surface area contributed by atoms with Crippen molar-refractivity contribution in [2.45, 2.75) is 83.0 Å². The minimum Gasteiger partial charge on any atom is -0.445 e. The molecular weight excluding hydrogens is 773 g/mol. The van der Waals surface area contributed by atoms with Crippen molar-refractivity contribution in [3.63, 3.8) is 0 Å². The predicted molar refractivity (Wildman–Crippen MR) is 229 cm³/mol. The van der Waals surface area contributed by atoms with Crippen molar-refractivity contribution in [2.24, 2.45) is 5.92 Å². The van der Waals surface area contributed by atoms with Crippen LogP contribution in [-0.2, 0) is 49.6 Å². The third kappa shape index (κ3) is 7.86. The molecule has 9 rings (SSSR count). The molecule has 2 aromatic heterocycles. The lowest BCUT2D eigenvalue weighted by atomic mass is 9.94. The van der Waals surface area contributed by atoms with E-state index in [1.165, 1.54) is 6.92 Å². The van der Waals surface area contributed by atoms with Crippen LogP contribution in [0.4, 0.5) is 9.59 Å². The lowest BCUT2D eigenvalue weighted by Gasteiger charge is -2.39. The number of hydrogen-bond acceptors (Lipinski definition) is 8. The molecule has 0 radical (unpaired) electrons. The standard InChI is InChI=1S/C47H52N8O6/c1-30-9-7-8-12-36(30)29-61-44(58)54(22-21-48-31(2)56)46(19-20-46)42-49-37-17-15-33(25-39(37)51-42)13-14-34-16-18-38-40(26-34)52-43(50-38)47-27-41(47)53(32(3)57)23-24-55(47)45(59)60-28-35-10-5-4-6-11-35/h4-8,10-12,15-18,25-26,30,41H,9,13-14,19-24,27-29H2,1-3H3,(H,48,56)(H,49,51)(H,50,52). The summed E-state index contributed by atoms with van der Waals surface area (Å²) in [6, 6.07) is 21.9. The number of benzene rings is 3. The van der Waals surface area contributed by atoms with E-state index in [4.69, 9.17) is 19.4 Å². The SMILES string of the molecule is CC(=O)NCCN(C(=O)OCC1=CC=CCC1C)C1(c2nc3ccc(CCc4ccc5nc(C67CC6N(C(C)=O)CCN7C(=O)OCc6ccccc6)[nH]c5c4)cc3[nH]2)CC1. The number of amides is 4. The second kappa shape index (κ2) is 16.2. The number of rotatable bonds is 13. The fraction of sp³-hybridized carbons (Fsp3) is 0.404.